The quantitative estimate of drug-likeness (QED) is 0.223. The molecule has 4 atom stereocenters. The summed E-state index contributed by atoms with van der Waals surface area (Å²) in [6.45, 7) is 9.60. The van der Waals surface area contributed by atoms with Crippen LogP contribution in [0.25, 0.3) is 11.1 Å². The number of morpholine rings is 1. The number of nitrogens with two attached hydrogens (primary N) is 2. The van der Waals surface area contributed by atoms with Gasteiger partial charge in [-0.05, 0) is 61.1 Å². The van der Waals surface area contributed by atoms with Gasteiger partial charge in [-0.15, -0.1) is 0 Å². The van der Waals surface area contributed by atoms with Gasteiger partial charge in [-0.3, -0.25) is 24.7 Å². The van der Waals surface area contributed by atoms with Crippen LogP contribution in [0.1, 0.15) is 80.6 Å². The lowest BCUT2D eigenvalue weighted by Crippen LogP contribution is -2.71. The van der Waals surface area contributed by atoms with Gasteiger partial charge in [-0.2, -0.15) is 0 Å². The maximum absolute atomic E-state index is 13.8. The highest BCUT2D eigenvalue weighted by Gasteiger charge is 2.42. The lowest BCUT2D eigenvalue weighted by Gasteiger charge is -2.51. The highest BCUT2D eigenvalue weighted by molar-refractivity contribution is 5.97. The number of piperidine rings is 1. The zero-order chi connectivity index (χ0) is 33.2. The second-order valence-corrected chi connectivity index (χ2v) is 13.7. The number of carbonyl (C=O) groups is 2. The predicted octanol–water partition coefficient (Wildman–Crippen LogP) is 4.34. The molecule has 3 unspecified atom stereocenters. The Morgan fingerprint density at radius 3 is 2.47 bits per heavy atom. The first-order chi connectivity index (χ1) is 22.9. The number of primary amides is 1. The summed E-state index contributed by atoms with van der Waals surface area (Å²) >= 11 is 0. The number of hydrogen-bond donors (Lipinski definition) is 4. The lowest BCUT2D eigenvalue weighted by atomic mass is 9.96. The molecule has 47 heavy (non-hydrogen) atoms. The molecule has 2 aromatic carbocycles. The van der Waals surface area contributed by atoms with Gasteiger partial charge in [0.05, 0.1) is 25.3 Å². The number of benzene rings is 2. The standard InChI is InChI=1S/C37H57N7O3/c1-3-4-5-6-7-8-11-17-44-35(33(34(39)45)25-40-37(44)43-16-12-14-30(38)26-43)41-31-23-28(32-15-10-9-13-27(32)2)22-29(24-31)36(46)42-18-20-47-21-19-42/h9-10,13,15,22-24,30,33,35,37,40-41H,3-8,11-12,14,16-21,25-26,38H2,1-2H3,(H2,39,45)/t30-,33?,35?,37?/m0/s1. The monoisotopic (exact) mass is 647 g/mol. The number of likely N-dealkylation sites (tertiary alicyclic amines) is 1. The van der Waals surface area contributed by atoms with Crippen LogP contribution in [0.2, 0.25) is 0 Å². The smallest absolute Gasteiger partial charge is 0.254 e. The minimum absolute atomic E-state index is 0.0105. The first-order valence-electron chi connectivity index (χ1n) is 18.0. The molecule has 10 nitrogen and oxygen atoms in total. The van der Waals surface area contributed by atoms with E-state index in [0.29, 0.717) is 38.4 Å². The predicted molar refractivity (Wildman–Crippen MR) is 189 cm³/mol. The second kappa shape index (κ2) is 17.4. The average Bonchev–Trinajstić information content (AvgIpc) is 3.08. The number of nitrogens with one attached hydrogen (secondary N) is 2. The molecule has 3 fully saturated rings. The van der Waals surface area contributed by atoms with Crippen molar-refractivity contribution in [3.63, 3.8) is 0 Å². The normalized spacial score (nSPS) is 24.3. The summed E-state index contributed by atoms with van der Waals surface area (Å²) in [5.74, 6) is -0.813. The van der Waals surface area contributed by atoms with Crippen molar-refractivity contribution in [3.8, 4) is 11.1 Å². The highest BCUT2D eigenvalue weighted by Crippen LogP contribution is 2.31. The first kappa shape index (κ1) is 35.3. The number of nitrogens with zero attached hydrogens (tertiary/aromatic N) is 3. The molecule has 3 saturated heterocycles. The van der Waals surface area contributed by atoms with Gasteiger partial charge in [-0.1, -0.05) is 69.7 Å². The second-order valence-electron chi connectivity index (χ2n) is 13.7. The molecule has 0 spiro atoms. The van der Waals surface area contributed by atoms with Crippen molar-refractivity contribution in [1.29, 1.82) is 0 Å². The van der Waals surface area contributed by atoms with Gasteiger partial charge in [0.25, 0.3) is 5.91 Å². The van der Waals surface area contributed by atoms with Crippen LogP contribution in [0, 0.1) is 12.8 Å². The van der Waals surface area contributed by atoms with E-state index in [2.05, 4.69) is 52.5 Å². The van der Waals surface area contributed by atoms with Gasteiger partial charge in [0.15, 0.2) is 0 Å². The van der Waals surface area contributed by atoms with Gasteiger partial charge in [0.1, 0.15) is 6.29 Å². The molecule has 6 N–H and O–H groups in total. The Morgan fingerprint density at radius 1 is 1.00 bits per heavy atom. The molecule has 258 valence electrons. The Morgan fingerprint density at radius 2 is 1.74 bits per heavy atom. The molecular weight excluding hydrogens is 590 g/mol. The van der Waals surface area contributed by atoms with E-state index in [4.69, 9.17) is 16.2 Å². The molecule has 3 aliphatic heterocycles. The summed E-state index contributed by atoms with van der Waals surface area (Å²) in [5.41, 5.74) is 17.2. The van der Waals surface area contributed by atoms with E-state index in [9.17, 15) is 9.59 Å². The fourth-order valence-corrected chi connectivity index (χ4v) is 7.40. The average molecular weight is 648 g/mol. The summed E-state index contributed by atoms with van der Waals surface area (Å²) in [4.78, 5) is 33.6. The molecule has 0 bridgehead atoms. The Hall–Kier alpha value is -3.02. The third-order valence-corrected chi connectivity index (χ3v) is 10.0. The largest absolute Gasteiger partial charge is 0.378 e. The maximum Gasteiger partial charge on any atom is 0.254 e. The van der Waals surface area contributed by atoms with Crippen molar-refractivity contribution in [2.75, 3.05) is 57.8 Å². The van der Waals surface area contributed by atoms with E-state index >= 15 is 0 Å². The molecular formula is C37H57N7O3. The molecule has 3 heterocycles. The van der Waals surface area contributed by atoms with E-state index in [-0.39, 0.29) is 30.3 Å². The molecule has 3 aliphatic rings. The minimum Gasteiger partial charge on any atom is -0.378 e. The highest BCUT2D eigenvalue weighted by atomic mass is 16.5. The molecule has 0 aromatic heterocycles. The van der Waals surface area contributed by atoms with Crippen LogP contribution in [-0.4, -0.2) is 97.5 Å². The van der Waals surface area contributed by atoms with Gasteiger partial charge < -0.3 is 26.4 Å². The fourth-order valence-electron chi connectivity index (χ4n) is 7.40. The Balaban J connectivity index is 1.47. The minimum atomic E-state index is -0.463. The van der Waals surface area contributed by atoms with E-state index in [0.717, 1.165) is 67.7 Å². The topological polar surface area (TPSA) is 129 Å². The van der Waals surface area contributed by atoms with Crippen LogP contribution in [-0.2, 0) is 9.53 Å². The number of ether oxygens (including phenoxy) is 1. The van der Waals surface area contributed by atoms with Crippen molar-refractivity contribution in [2.45, 2.75) is 90.1 Å². The molecule has 2 amide bonds. The SMILES string of the molecule is CCCCCCCCCN1C(Nc2cc(C(=O)N3CCOCC3)cc(-c3ccccc3C)c2)C(C(N)=O)CNC1N1CCC[C@H](N)C1. The Kier molecular flexibility index (Phi) is 13.1. The molecule has 10 heteroatoms. The zero-order valence-electron chi connectivity index (χ0n) is 28.6. The Bertz CT molecular complexity index is 1320. The first-order valence-corrected chi connectivity index (χ1v) is 18.0. The fraction of sp³-hybridized carbons (Fsp3) is 0.622. The number of amides is 2. The number of hydrogen-bond acceptors (Lipinski definition) is 8. The van der Waals surface area contributed by atoms with Gasteiger partial charge >= 0.3 is 0 Å². The van der Waals surface area contributed by atoms with Crippen molar-refractivity contribution >= 4 is 17.5 Å². The molecule has 0 aliphatic carbocycles. The van der Waals surface area contributed by atoms with Crippen molar-refractivity contribution < 1.29 is 14.3 Å². The van der Waals surface area contributed by atoms with E-state index in [1.54, 1.807) is 0 Å². The number of carbonyl (C=O) groups excluding carboxylic acids is 2. The summed E-state index contributed by atoms with van der Waals surface area (Å²) in [6.07, 6.45) is 10.1. The molecule has 0 radical (unpaired) electrons. The van der Waals surface area contributed by atoms with E-state index in [1.165, 1.54) is 32.1 Å². The molecule has 0 saturated carbocycles. The number of anilines is 1. The number of unbranched alkanes of at least 4 members (excludes halogenated alkanes) is 6. The van der Waals surface area contributed by atoms with Crippen LogP contribution in [0.15, 0.2) is 42.5 Å². The van der Waals surface area contributed by atoms with Gasteiger partial charge in [0, 0.05) is 56.6 Å². The summed E-state index contributed by atoms with van der Waals surface area (Å²) in [5, 5.41) is 7.45. The third-order valence-electron chi connectivity index (χ3n) is 10.0. The van der Waals surface area contributed by atoms with Crippen molar-refractivity contribution in [3.05, 3.63) is 53.6 Å². The van der Waals surface area contributed by atoms with Crippen LogP contribution in [0.4, 0.5) is 5.69 Å². The Labute approximate surface area is 281 Å². The number of rotatable bonds is 14. The summed E-state index contributed by atoms with van der Waals surface area (Å²) < 4.78 is 5.52. The van der Waals surface area contributed by atoms with Gasteiger partial charge in [-0.25, -0.2) is 0 Å². The van der Waals surface area contributed by atoms with Crippen molar-refractivity contribution in [2.24, 2.45) is 17.4 Å². The third kappa shape index (κ3) is 9.32. The van der Waals surface area contributed by atoms with E-state index in [1.807, 2.05) is 29.2 Å². The number of aryl methyl sites for hydroxylation is 1. The lowest BCUT2D eigenvalue weighted by molar-refractivity contribution is -0.129. The van der Waals surface area contributed by atoms with Crippen LogP contribution in [0.5, 0.6) is 0 Å². The van der Waals surface area contributed by atoms with Crippen LogP contribution < -0.4 is 22.1 Å². The maximum atomic E-state index is 13.8. The summed E-state index contributed by atoms with van der Waals surface area (Å²) in [6, 6.07) is 14.4. The molecule has 2 aromatic rings. The van der Waals surface area contributed by atoms with Crippen LogP contribution in [0.3, 0.4) is 0 Å². The molecule has 5 rings (SSSR count). The van der Waals surface area contributed by atoms with Crippen LogP contribution >= 0.6 is 0 Å². The zero-order valence-corrected chi connectivity index (χ0v) is 28.6. The summed E-state index contributed by atoms with van der Waals surface area (Å²) in [7, 11) is 0. The van der Waals surface area contributed by atoms with E-state index < -0.39 is 5.92 Å². The van der Waals surface area contributed by atoms with Crippen molar-refractivity contribution in [1.82, 2.24) is 20.0 Å². The van der Waals surface area contributed by atoms with Gasteiger partial charge in [0.2, 0.25) is 5.91 Å².